The van der Waals surface area contributed by atoms with Crippen molar-refractivity contribution in [3.8, 4) is 9.94 Å². The fourth-order valence-electron chi connectivity index (χ4n) is 12.9. The van der Waals surface area contributed by atoms with Crippen molar-refractivity contribution in [2.24, 2.45) is 35.5 Å². The van der Waals surface area contributed by atoms with Crippen LogP contribution in [0.1, 0.15) is 122 Å². The molecular weight excluding hydrogens is 810 g/mol. The first-order chi connectivity index (χ1) is 26.1. The first kappa shape index (κ1) is 36.4. The zero-order valence-corrected chi connectivity index (χ0v) is 34.0. The molecule has 2 aromatic carbocycles. The van der Waals surface area contributed by atoms with Crippen molar-refractivity contribution in [2.75, 3.05) is 0 Å². The molecule has 0 spiro atoms. The normalized spacial score (nSPS) is 38.9. The van der Waals surface area contributed by atoms with E-state index in [1.54, 1.807) is 12.1 Å². The van der Waals surface area contributed by atoms with Gasteiger partial charge in [0.05, 0.1) is 0 Å². The molecular formula is C44H46N2O6Se2. The van der Waals surface area contributed by atoms with Gasteiger partial charge in [0.25, 0.3) is 0 Å². The third-order valence-corrected chi connectivity index (χ3v) is 18.6. The number of hydrogen-bond acceptors (Lipinski definition) is 8. The first-order valence-corrected chi connectivity index (χ1v) is 23.4. The van der Waals surface area contributed by atoms with Crippen LogP contribution in [-0.2, 0) is 31.9 Å². The summed E-state index contributed by atoms with van der Waals surface area (Å²) in [6.45, 7) is 0. The number of hydrogen-bond donors (Lipinski definition) is 0. The number of esters is 2. The third kappa shape index (κ3) is 6.12. The summed E-state index contributed by atoms with van der Waals surface area (Å²) in [4.78, 5) is 57.9. The number of fused-ring (bicyclic) bond motifs is 2. The Morgan fingerprint density at radius 2 is 0.870 bits per heavy atom. The van der Waals surface area contributed by atoms with Crippen molar-refractivity contribution in [1.82, 2.24) is 0 Å². The van der Waals surface area contributed by atoms with E-state index in [0.29, 0.717) is 72.3 Å². The molecule has 10 aliphatic rings. The van der Waals surface area contributed by atoms with E-state index in [0.717, 1.165) is 49.7 Å². The molecule has 54 heavy (non-hydrogen) atoms. The zero-order valence-electron chi connectivity index (χ0n) is 30.6. The van der Waals surface area contributed by atoms with Gasteiger partial charge in [0, 0.05) is 0 Å². The molecule has 0 amide bonds. The maximum atomic E-state index is 13.4. The van der Waals surface area contributed by atoms with E-state index in [2.05, 4.69) is 9.94 Å². The van der Waals surface area contributed by atoms with Crippen LogP contribution in [0.4, 0.5) is 0 Å². The molecule has 8 nitrogen and oxygen atoms in total. The zero-order chi connectivity index (χ0) is 37.3. The standard InChI is InChI=1S/2C22H23NO3Se/c2*23-13-27-22(6-5-17-3-1-2-4-18(17)19(22)24)20(25)26-21-10-14-7-15(11-21)9-16(8-14)12-21/h2*1-4,14-16H,5-12H2/t2*14?,15?,16?,21?,22-/m00/s1. The molecule has 280 valence electrons. The average Bonchev–Trinajstić information content (AvgIpc) is 3.13. The quantitative estimate of drug-likeness (QED) is 0.168. The van der Waals surface area contributed by atoms with Gasteiger partial charge in [-0.1, -0.05) is 0 Å². The third-order valence-electron chi connectivity index (χ3n) is 14.4. The molecule has 10 heteroatoms. The van der Waals surface area contributed by atoms with Gasteiger partial charge in [-0.15, -0.1) is 0 Å². The van der Waals surface area contributed by atoms with Crippen LogP contribution >= 0.6 is 0 Å². The second kappa shape index (κ2) is 13.7. The fourth-order valence-corrected chi connectivity index (χ4v) is 15.8. The Labute approximate surface area is 329 Å². The van der Waals surface area contributed by atoms with Crippen LogP contribution in [0.15, 0.2) is 48.5 Å². The van der Waals surface area contributed by atoms with E-state index in [1.165, 1.54) is 38.5 Å². The van der Waals surface area contributed by atoms with E-state index >= 15 is 0 Å². The summed E-state index contributed by atoms with van der Waals surface area (Å²) in [5, 5.41) is 18.9. The molecule has 10 aliphatic carbocycles. The Kier molecular flexibility index (Phi) is 9.26. The Morgan fingerprint density at radius 1 is 0.556 bits per heavy atom. The van der Waals surface area contributed by atoms with E-state index < -0.39 is 50.5 Å². The minimum atomic E-state index is -1.26. The van der Waals surface area contributed by atoms with Crippen LogP contribution in [0, 0.1) is 56.0 Å². The van der Waals surface area contributed by atoms with Gasteiger partial charge >= 0.3 is 331 Å². The van der Waals surface area contributed by atoms with Crippen molar-refractivity contribution in [3.63, 3.8) is 0 Å². The number of carbonyl (C=O) groups is 4. The monoisotopic (exact) mass is 858 g/mol. The van der Waals surface area contributed by atoms with Crippen LogP contribution in [-0.4, -0.2) is 64.6 Å². The van der Waals surface area contributed by atoms with Gasteiger partial charge in [0.15, 0.2) is 0 Å². The van der Waals surface area contributed by atoms with E-state index in [1.807, 2.05) is 36.4 Å². The summed E-state index contributed by atoms with van der Waals surface area (Å²) in [5.74, 6) is 2.81. The average molecular weight is 857 g/mol. The van der Waals surface area contributed by atoms with Crippen LogP contribution in [0.5, 0.6) is 0 Å². The fraction of sp³-hybridized carbons (Fsp3) is 0.591. The topological polar surface area (TPSA) is 134 Å². The number of Topliss-reactive ketones (excluding diaryl/α,β-unsaturated/α-hetero) is 2. The van der Waals surface area contributed by atoms with Gasteiger partial charge in [0.2, 0.25) is 0 Å². The number of ketones is 2. The van der Waals surface area contributed by atoms with Crippen LogP contribution in [0.2, 0.25) is 8.63 Å². The Balaban J connectivity index is 0.000000142. The van der Waals surface area contributed by atoms with Crippen molar-refractivity contribution >= 4 is 53.4 Å². The van der Waals surface area contributed by atoms with Gasteiger partial charge in [-0.2, -0.15) is 0 Å². The summed E-state index contributed by atoms with van der Waals surface area (Å²) in [7, 11) is 0. The predicted octanol–water partition coefficient (Wildman–Crippen LogP) is 7.34. The maximum absolute atomic E-state index is 13.4. The molecule has 0 aliphatic heterocycles. The molecule has 8 saturated carbocycles. The number of nitriles is 2. The molecule has 0 N–H and O–H groups in total. The molecule has 0 radical (unpaired) electrons. The van der Waals surface area contributed by atoms with Crippen LogP contribution in [0.25, 0.3) is 0 Å². The number of ether oxygens (including phenoxy) is 2. The SMILES string of the molecule is N#C[Se][C@@]1(C(=O)OC23CC4CC(CC(C4)C2)C3)CCc2ccccc2C1=O.N#C[Se][C@@]1(C(=O)OC23CC4CC(CC(C4)C2)C3)CCc2ccccc2C1=O. The number of nitrogens with zero attached hydrogens (tertiary/aromatic N) is 2. The molecule has 0 unspecified atom stereocenters. The molecule has 0 aromatic heterocycles. The Hall–Kier alpha value is -3.26. The molecule has 8 bridgehead atoms. The summed E-state index contributed by atoms with van der Waals surface area (Å²) in [6.07, 6.45) is 15.5. The summed E-state index contributed by atoms with van der Waals surface area (Å²) >= 11 is -1.51. The molecule has 0 heterocycles. The molecule has 12 rings (SSSR count). The van der Waals surface area contributed by atoms with Crippen molar-refractivity contribution in [3.05, 3.63) is 70.8 Å². The molecule has 0 saturated heterocycles. The van der Waals surface area contributed by atoms with Gasteiger partial charge in [-0.3, -0.25) is 0 Å². The second-order valence-electron chi connectivity index (χ2n) is 18.0. The van der Waals surface area contributed by atoms with Gasteiger partial charge in [-0.05, 0) is 0 Å². The van der Waals surface area contributed by atoms with E-state index in [9.17, 15) is 29.7 Å². The van der Waals surface area contributed by atoms with Gasteiger partial charge in [-0.25, -0.2) is 0 Å². The van der Waals surface area contributed by atoms with E-state index in [4.69, 9.17) is 9.47 Å². The molecule has 2 aromatic rings. The number of rotatable bonds is 6. The number of aryl methyl sites for hydroxylation is 2. The summed E-state index contributed by atoms with van der Waals surface area (Å²) < 4.78 is 9.94. The van der Waals surface area contributed by atoms with Crippen LogP contribution in [0.3, 0.4) is 0 Å². The number of carbonyl (C=O) groups excluding carboxylic acids is 4. The molecule has 8 fully saturated rings. The number of benzene rings is 2. The van der Waals surface area contributed by atoms with Crippen molar-refractivity contribution in [2.45, 2.75) is 123 Å². The van der Waals surface area contributed by atoms with Gasteiger partial charge < -0.3 is 0 Å². The Bertz CT molecular complexity index is 1790. The summed E-state index contributed by atoms with van der Waals surface area (Å²) in [6, 6.07) is 15.0. The predicted molar refractivity (Wildman–Crippen MR) is 200 cm³/mol. The Morgan fingerprint density at radius 3 is 1.19 bits per heavy atom. The van der Waals surface area contributed by atoms with Gasteiger partial charge in [0.1, 0.15) is 0 Å². The minimum absolute atomic E-state index is 0.194. The summed E-state index contributed by atoms with van der Waals surface area (Å²) in [5.41, 5.74) is 2.42. The first-order valence-electron chi connectivity index (χ1n) is 19.9. The molecule has 2 atom stereocenters. The second-order valence-corrected chi connectivity index (χ2v) is 22.5. The van der Waals surface area contributed by atoms with E-state index in [-0.39, 0.29) is 22.8 Å². The van der Waals surface area contributed by atoms with Crippen molar-refractivity contribution < 1.29 is 28.7 Å². The van der Waals surface area contributed by atoms with Crippen molar-refractivity contribution in [1.29, 1.82) is 10.5 Å². The van der Waals surface area contributed by atoms with Crippen LogP contribution < -0.4 is 0 Å².